The molecule has 0 atom stereocenters. The smallest absolute Gasteiger partial charge is 0.407 e. The number of rotatable bonds is 8. The predicted octanol–water partition coefficient (Wildman–Crippen LogP) is 3.40. The fourth-order valence-corrected chi connectivity index (χ4v) is 4.77. The molecule has 1 fully saturated rings. The van der Waals surface area contributed by atoms with Crippen LogP contribution in [0.1, 0.15) is 42.7 Å². The second-order valence-electron chi connectivity index (χ2n) is 8.98. The van der Waals surface area contributed by atoms with Crippen molar-refractivity contribution in [3.05, 3.63) is 59.7 Å². The number of carboxylic acids is 1. The summed E-state index contributed by atoms with van der Waals surface area (Å²) in [5.74, 6) is -1.23. The molecule has 2 aromatic carbocycles. The highest BCUT2D eigenvalue weighted by Crippen LogP contribution is 2.44. The lowest BCUT2D eigenvalue weighted by molar-refractivity contribution is -0.138. The number of alkyl carbamates (subject to hydrolysis) is 1. The minimum Gasteiger partial charge on any atom is -0.481 e. The van der Waals surface area contributed by atoms with Crippen LogP contribution in [0, 0.1) is 0 Å². The Morgan fingerprint density at radius 1 is 1.06 bits per heavy atom. The first kappa shape index (κ1) is 23.8. The van der Waals surface area contributed by atoms with Crippen LogP contribution in [0.4, 0.5) is 4.79 Å². The van der Waals surface area contributed by atoms with Crippen LogP contribution < -0.4 is 5.32 Å². The van der Waals surface area contributed by atoms with Crippen LogP contribution in [0.5, 0.6) is 0 Å². The van der Waals surface area contributed by atoms with Crippen molar-refractivity contribution < 1.29 is 29.0 Å². The van der Waals surface area contributed by atoms with E-state index in [0.29, 0.717) is 26.1 Å². The molecule has 2 amide bonds. The van der Waals surface area contributed by atoms with Crippen LogP contribution in [0.3, 0.4) is 0 Å². The Morgan fingerprint density at radius 2 is 1.65 bits per heavy atom. The van der Waals surface area contributed by atoms with Crippen LogP contribution in [0.25, 0.3) is 11.1 Å². The molecule has 0 unspecified atom stereocenters. The van der Waals surface area contributed by atoms with Crippen molar-refractivity contribution in [2.75, 3.05) is 33.4 Å². The molecule has 1 aliphatic heterocycles. The van der Waals surface area contributed by atoms with E-state index in [9.17, 15) is 14.4 Å². The van der Waals surface area contributed by atoms with Crippen LogP contribution in [-0.2, 0) is 19.1 Å². The van der Waals surface area contributed by atoms with Gasteiger partial charge in [-0.1, -0.05) is 48.5 Å². The van der Waals surface area contributed by atoms with E-state index < -0.39 is 17.6 Å². The lowest BCUT2D eigenvalue weighted by atomic mass is 9.86. The van der Waals surface area contributed by atoms with Gasteiger partial charge in [-0.15, -0.1) is 0 Å². The molecule has 2 aliphatic rings. The molecule has 34 heavy (non-hydrogen) atoms. The highest BCUT2D eigenvalue weighted by Gasteiger charge is 2.38. The van der Waals surface area contributed by atoms with E-state index in [1.807, 2.05) is 24.3 Å². The Labute approximate surface area is 198 Å². The molecule has 2 N–H and O–H groups in total. The molecule has 1 saturated heterocycles. The molecule has 180 valence electrons. The molecule has 4 rings (SSSR count). The molecule has 0 bridgehead atoms. The van der Waals surface area contributed by atoms with E-state index in [0.717, 1.165) is 22.3 Å². The zero-order valence-electron chi connectivity index (χ0n) is 19.3. The lowest BCUT2D eigenvalue weighted by Crippen LogP contribution is -2.54. The second-order valence-corrected chi connectivity index (χ2v) is 8.98. The largest absolute Gasteiger partial charge is 0.481 e. The van der Waals surface area contributed by atoms with Crippen LogP contribution in [0.15, 0.2) is 48.5 Å². The molecule has 2 aromatic rings. The van der Waals surface area contributed by atoms with E-state index >= 15 is 0 Å². The van der Waals surface area contributed by atoms with Crippen molar-refractivity contribution in [1.29, 1.82) is 0 Å². The Morgan fingerprint density at radius 3 is 2.24 bits per heavy atom. The minimum atomic E-state index is -0.961. The van der Waals surface area contributed by atoms with Gasteiger partial charge in [0, 0.05) is 32.7 Å². The first-order chi connectivity index (χ1) is 16.4. The third-order valence-corrected chi connectivity index (χ3v) is 6.74. The number of nitrogens with zero attached hydrogens (tertiary/aromatic N) is 1. The summed E-state index contributed by atoms with van der Waals surface area (Å²) in [6.07, 6.45) is 0.338. The summed E-state index contributed by atoms with van der Waals surface area (Å²) in [5.41, 5.74) is 3.79. The van der Waals surface area contributed by atoms with Crippen molar-refractivity contribution in [1.82, 2.24) is 10.2 Å². The Hall–Kier alpha value is -3.39. The van der Waals surface area contributed by atoms with Gasteiger partial charge in [0.15, 0.2) is 0 Å². The van der Waals surface area contributed by atoms with Crippen molar-refractivity contribution in [2.45, 2.75) is 37.1 Å². The number of amides is 2. The fourth-order valence-electron chi connectivity index (χ4n) is 4.77. The summed E-state index contributed by atoms with van der Waals surface area (Å²) in [6, 6.07) is 16.3. The first-order valence-corrected chi connectivity index (χ1v) is 11.6. The maximum absolute atomic E-state index is 12.9. The SMILES string of the molecule is CN(CCC(=O)O)C(=O)CC1(NC(=O)OCC2c3ccccc3-c3ccccc32)CCOCC1. The standard InChI is InChI=1S/C26H30N2O6/c1-28(13-10-24(30)31)23(29)16-26(11-14-33-15-12-26)27-25(32)34-17-22-20-8-4-2-6-18(20)19-7-3-5-9-21(19)22/h2-9,22H,10-17H2,1H3,(H,27,32)(H,30,31). The van der Waals surface area contributed by atoms with Crippen molar-refractivity contribution in [3.8, 4) is 11.1 Å². The van der Waals surface area contributed by atoms with Gasteiger partial charge in [-0.2, -0.15) is 0 Å². The summed E-state index contributed by atoms with van der Waals surface area (Å²) >= 11 is 0. The molecule has 8 nitrogen and oxygen atoms in total. The molecule has 8 heteroatoms. The molecule has 0 saturated carbocycles. The monoisotopic (exact) mass is 466 g/mol. The topological polar surface area (TPSA) is 105 Å². The highest BCUT2D eigenvalue weighted by molar-refractivity contribution is 5.80. The first-order valence-electron chi connectivity index (χ1n) is 11.6. The minimum absolute atomic E-state index is 0.0485. The number of benzene rings is 2. The van der Waals surface area contributed by atoms with Crippen LogP contribution in [0.2, 0.25) is 0 Å². The maximum Gasteiger partial charge on any atom is 0.407 e. The summed E-state index contributed by atoms with van der Waals surface area (Å²) in [6.45, 7) is 1.16. The summed E-state index contributed by atoms with van der Waals surface area (Å²) in [4.78, 5) is 37.9. The Bertz CT molecular complexity index is 1020. The predicted molar refractivity (Wildman–Crippen MR) is 125 cm³/mol. The molecular formula is C26H30N2O6. The zero-order valence-corrected chi connectivity index (χ0v) is 19.3. The number of nitrogens with one attached hydrogen (secondary N) is 1. The average molecular weight is 467 g/mol. The van der Waals surface area contributed by atoms with Crippen molar-refractivity contribution >= 4 is 18.0 Å². The maximum atomic E-state index is 12.9. The molecular weight excluding hydrogens is 436 g/mol. The van der Waals surface area contributed by atoms with E-state index in [1.165, 1.54) is 4.90 Å². The lowest BCUT2D eigenvalue weighted by Gasteiger charge is -2.38. The van der Waals surface area contributed by atoms with Gasteiger partial charge in [-0.3, -0.25) is 9.59 Å². The number of carboxylic acid groups (broad SMARTS) is 1. The third-order valence-electron chi connectivity index (χ3n) is 6.74. The number of hydrogen-bond donors (Lipinski definition) is 2. The van der Waals surface area contributed by atoms with Gasteiger partial charge >= 0.3 is 12.1 Å². The van der Waals surface area contributed by atoms with Gasteiger partial charge in [-0.25, -0.2) is 4.79 Å². The quantitative estimate of drug-likeness (QED) is 0.618. The Kier molecular flexibility index (Phi) is 7.17. The van der Waals surface area contributed by atoms with Gasteiger partial charge in [-0.05, 0) is 35.1 Å². The van der Waals surface area contributed by atoms with Gasteiger partial charge in [0.25, 0.3) is 0 Å². The summed E-state index contributed by atoms with van der Waals surface area (Å²) < 4.78 is 11.1. The molecule has 1 aliphatic carbocycles. The van der Waals surface area contributed by atoms with Crippen molar-refractivity contribution in [3.63, 3.8) is 0 Å². The molecule has 0 radical (unpaired) electrons. The number of carbonyl (C=O) groups excluding carboxylic acids is 2. The average Bonchev–Trinajstić information content (AvgIpc) is 3.15. The normalized spacial score (nSPS) is 16.3. The van der Waals surface area contributed by atoms with E-state index in [1.54, 1.807) is 7.05 Å². The second kappa shape index (κ2) is 10.3. The summed E-state index contributed by atoms with van der Waals surface area (Å²) in [5, 5.41) is 11.8. The van der Waals surface area contributed by atoms with Crippen molar-refractivity contribution in [2.24, 2.45) is 0 Å². The fraction of sp³-hybridized carbons (Fsp3) is 0.423. The number of hydrogen-bond acceptors (Lipinski definition) is 5. The molecule has 0 aromatic heterocycles. The van der Waals surface area contributed by atoms with Crippen LogP contribution >= 0.6 is 0 Å². The van der Waals surface area contributed by atoms with E-state index in [4.69, 9.17) is 14.6 Å². The summed E-state index contributed by atoms with van der Waals surface area (Å²) in [7, 11) is 1.58. The number of fused-ring (bicyclic) bond motifs is 3. The van der Waals surface area contributed by atoms with Gasteiger partial charge < -0.3 is 24.8 Å². The third kappa shape index (κ3) is 5.22. The highest BCUT2D eigenvalue weighted by atomic mass is 16.5. The molecule has 0 spiro atoms. The van der Waals surface area contributed by atoms with Crippen LogP contribution in [-0.4, -0.2) is 66.9 Å². The van der Waals surface area contributed by atoms with E-state index in [2.05, 4.69) is 29.6 Å². The zero-order chi connectivity index (χ0) is 24.1. The van der Waals surface area contributed by atoms with E-state index in [-0.39, 0.29) is 37.8 Å². The Balaban J connectivity index is 1.41. The number of carbonyl (C=O) groups is 3. The van der Waals surface area contributed by atoms with Gasteiger partial charge in [0.05, 0.1) is 18.4 Å². The van der Waals surface area contributed by atoms with Gasteiger partial charge in [0.2, 0.25) is 5.91 Å². The number of aliphatic carboxylic acids is 1. The number of ether oxygens (including phenoxy) is 2. The molecule has 1 heterocycles. The van der Waals surface area contributed by atoms with Gasteiger partial charge in [0.1, 0.15) is 6.61 Å².